The minimum absolute atomic E-state index is 0.412. The first-order chi connectivity index (χ1) is 15.9. The molecule has 0 bridgehead atoms. The SMILES string of the molecule is COc1ccc(-c2ccc3c4c(C(N)=O)cccc4n(Cc4cc(C)cc(C)c4)c3c2)cc1. The van der Waals surface area contributed by atoms with Crippen LogP contribution in [-0.2, 0) is 6.54 Å². The summed E-state index contributed by atoms with van der Waals surface area (Å²) in [6, 6.07) is 26.9. The van der Waals surface area contributed by atoms with Crippen molar-refractivity contribution in [1.29, 1.82) is 0 Å². The van der Waals surface area contributed by atoms with Crippen molar-refractivity contribution in [2.24, 2.45) is 5.73 Å². The van der Waals surface area contributed by atoms with E-state index < -0.39 is 5.91 Å². The molecule has 0 aliphatic carbocycles. The largest absolute Gasteiger partial charge is 0.497 e. The summed E-state index contributed by atoms with van der Waals surface area (Å²) in [5.41, 5.74) is 14.3. The van der Waals surface area contributed by atoms with Crippen LogP contribution in [0, 0.1) is 13.8 Å². The van der Waals surface area contributed by atoms with Crippen LogP contribution in [0.3, 0.4) is 0 Å². The standard InChI is InChI=1S/C29H26N2O2/c1-18-13-19(2)15-20(14-18)17-31-26-6-4-5-25(29(30)32)28(26)24-12-9-22(16-27(24)31)21-7-10-23(33-3)11-8-21/h4-16H,17H2,1-3H3,(H2,30,32). The molecule has 0 spiro atoms. The topological polar surface area (TPSA) is 57.2 Å². The van der Waals surface area contributed by atoms with Gasteiger partial charge in [0, 0.05) is 22.9 Å². The summed E-state index contributed by atoms with van der Waals surface area (Å²) in [6.07, 6.45) is 0. The van der Waals surface area contributed by atoms with Crippen molar-refractivity contribution in [2.45, 2.75) is 20.4 Å². The van der Waals surface area contributed by atoms with Gasteiger partial charge >= 0.3 is 0 Å². The Morgan fingerprint density at radius 2 is 1.55 bits per heavy atom. The second-order valence-corrected chi connectivity index (χ2v) is 8.61. The number of fused-ring (bicyclic) bond motifs is 3. The van der Waals surface area contributed by atoms with Gasteiger partial charge in [-0.05, 0) is 60.9 Å². The third-order valence-electron chi connectivity index (χ3n) is 6.20. The van der Waals surface area contributed by atoms with Crippen LogP contribution in [-0.4, -0.2) is 17.6 Å². The molecular weight excluding hydrogens is 408 g/mol. The summed E-state index contributed by atoms with van der Waals surface area (Å²) in [7, 11) is 1.67. The zero-order valence-electron chi connectivity index (χ0n) is 19.1. The zero-order valence-corrected chi connectivity index (χ0v) is 19.1. The predicted octanol–water partition coefficient (Wildman–Crippen LogP) is 6.23. The number of aromatic nitrogens is 1. The van der Waals surface area contributed by atoms with Crippen LogP contribution >= 0.6 is 0 Å². The summed E-state index contributed by atoms with van der Waals surface area (Å²) in [5.74, 6) is 0.417. The number of primary amides is 1. The van der Waals surface area contributed by atoms with Crippen LogP contribution in [0.4, 0.5) is 0 Å². The van der Waals surface area contributed by atoms with Crippen LogP contribution in [0.1, 0.15) is 27.0 Å². The van der Waals surface area contributed by atoms with Crippen LogP contribution < -0.4 is 10.5 Å². The number of rotatable bonds is 5. The average molecular weight is 435 g/mol. The van der Waals surface area contributed by atoms with Gasteiger partial charge in [0.2, 0.25) is 5.91 Å². The number of nitrogens with two attached hydrogens (primary N) is 1. The lowest BCUT2D eigenvalue weighted by Crippen LogP contribution is -2.11. The molecule has 164 valence electrons. The van der Waals surface area contributed by atoms with Gasteiger partial charge in [-0.3, -0.25) is 4.79 Å². The van der Waals surface area contributed by atoms with Crippen LogP contribution in [0.5, 0.6) is 5.75 Å². The van der Waals surface area contributed by atoms with E-state index in [1.54, 1.807) is 7.11 Å². The molecule has 2 N–H and O–H groups in total. The zero-order chi connectivity index (χ0) is 23.1. The molecule has 5 rings (SSSR count). The molecule has 0 unspecified atom stereocenters. The Labute approximate surface area is 193 Å². The Bertz CT molecular complexity index is 1490. The van der Waals surface area contributed by atoms with E-state index in [2.05, 4.69) is 73.0 Å². The smallest absolute Gasteiger partial charge is 0.249 e. The second-order valence-electron chi connectivity index (χ2n) is 8.61. The summed E-state index contributed by atoms with van der Waals surface area (Å²) in [4.78, 5) is 12.3. The van der Waals surface area contributed by atoms with Crippen LogP contribution in [0.25, 0.3) is 32.9 Å². The molecule has 0 atom stereocenters. The van der Waals surface area contributed by atoms with Crippen LogP contribution in [0.15, 0.2) is 78.9 Å². The molecule has 4 aromatic carbocycles. The molecule has 0 aliphatic rings. The molecule has 0 aliphatic heterocycles. The maximum absolute atomic E-state index is 12.3. The summed E-state index contributed by atoms with van der Waals surface area (Å²) in [6.45, 7) is 4.95. The number of benzene rings is 4. The van der Waals surface area contributed by atoms with Crippen molar-refractivity contribution in [3.63, 3.8) is 0 Å². The third-order valence-corrected chi connectivity index (χ3v) is 6.20. The Balaban J connectivity index is 1.77. The number of amides is 1. The lowest BCUT2D eigenvalue weighted by atomic mass is 10.0. The highest BCUT2D eigenvalue weighted by Crippen LogP contribution is 2.35. The van der Waals surface area contributed by atoms with Gasteiger partial charge in [-0.1, -0.05) is 59.7 Å². The first-order valence-corrected chi connectivity index (χ1v) is 11.0. The van der Waals surface area contributed by atoms with Gasteiger partial charge in [-0.2, -0.15) is 0 Å². The monoisotopic (exact) mass is 434 g/mol. The predicted molar refractivity (Wildman–Crippen MR) is 135 cm³/mol. The highest BCUT2D eigenvalue weighted by Gasteiger charge is 2.17. The van der Waals surface area contributed by atoms with E-state index in [1.807, 2.05) is 24.3 Å². The van der Waals surface area contributed by atoms with E-state index in [9.17, 15) is 4.79 Å². The van der Waals surface area contributed by atoms with Crippen molar-refractivity contribution in [3.8, 4) is 16.9 Å². The number of methoxy groups -OCH3 is 1. The molecule has 1 aromatic heterocycles. The van der Waals surface area contributed by atoms with Crippen molar-refractivity contribution in [3.05, 3.63) is 101 Å². The molecule has 0 saturated carbocycles. The van der Waals surface area contributed by atoms with Gasteiger partial charge in [-0.15, -0.1) is 0 Å². The lowest BCUT2D eigenvalue weighted by molar-refractivity contribution is 0.100. The number of carbonyl (C=O) groups is 1. The Morgan fingerprint density at radius 3 is 2.21 bits per heavy atom. The summed E-state index contributed by atoms with van der Waals surface area (Å²) in [5, 5.41) is 1.94. The van der Waals surface area contributed by atoms with E-state index >= 15 is 0 Å². The Kier molecular flexibility index (Phi) is 5.14. The molecule has 0 fully saturated rings. The van der Waals surface area contributed by atoms with Crippen molar-refractivity contribution >= 4 is 27.7 Å². The van der Waals surface area contributed by atoms with Crippen molar-refractivity contribution in [2.75, 3.05) is 7.11 Å². The number of ether oxygens (including phenoxy) is 1. The maximum Gasteiger partial charge on any atom is 0.249 e. The molecule has 1 amide bonds. The highest BCUT2D eigenvalue weighted by atomic mass is 16.5. The highest BCUT2D eigenvalue weighted by molar-refractivity contribution is 6.18. The van der Waals surface area contributed by atoms with Gasteiger partial charge in [0.25, 0.3) is 0 Å². The van der Waals surface area contributed by atoms with E-state index in [1.165, 1.54) is 16.7 Å². The van der Waals surface area contributed by atoms with E-state index in [4.69, 9.17) is 10.5 Å². The van der Waals surface area contributed by atoms with E-state index in [0.717, 1.165) is 38.7 Å². The molecular formula is C29H26N2O2. The van der Waals surface area contributed by atoms with E-state index in [0.29, 0.717) is 12.1 Å². The van der Waals surface area contributed by atoms with Gasteiger partial charge in [0.15, 0.2) is 0 Å². The van der Waals surface area contributed by atoms with Gasteiger partial charge < -0.3 is 15.0 Å². The Hall–Kier alpha value is -4.05. The van der Waals surface area contributed by atoms with Crippen LogP contribution in [0.2, 0.25) is 0 Å². The molecule has 4 nitrogen and oxygen atoms in total. The second kappa shape index (κ2) is 8.14. The van der Waals surface area contributed by atoms with Gasteiger partial charge in [-0.25, -0.2) is 0 Å². The molecule has 0 saturated heterocycles. The molecule has 4 heteroatoms. The fourth-order valence-corrected chi connectivity index (χ4v) is 4.83. The number of nitrogens with zero attached hydrogens (tertiary/aromatic N) is 1. The average Bonchev–Trinajstić information content (AvgIpc) is 3.11. The van der Waals surface area contributed by atoms with Crippen molar-refractivity contribution in [1.82, 2.24) is 4.57 Å². The quantitative estimate of drug-likeness (QED) is 0.356. The van der Waals surface area contributed by atoms with E-state index in [-0.39, 0.29) is 0 Å². The molecule has 1 heterocycles. The minimum atomic E-state index is -0.412. The first kappa shape index (κ1) is 20.8. The third kappa shape index (κ3) is 3.74. The van der Waals surface area contributed by atoms with Gasteiger partial charge in [0.1, 0.15) is 5.75 Å². The van der Waals surface area contributed by atoms with Crippen molar-refractivity contribution < 1.29 is 9.53 Å². The molecule has 0 radical (unpaired) electrons. The Morgan fingerprint density at radius 1 is 0.848 bits per heavy atom. The summed E-state index contributed by atoms with van der Waals surface area (Å²) < 4.78 is 7.60. The number of aryl methyl sites for hydroxylation is 2. The number of hydrogen-bond donors (Lipinski definition) is 1. The minimum Gasteiger partial charge on any atom is -0.497 e. The molecule has 33 heavy (non-hydrogen) atoms. The van der Waals surface area contributed by atoms with Gasteiger partial charge in [0.05, 0.1) is 18.1 Å². The number of carbonyl (C=O) groups excluding carboxylic acids is 1. The molecule has 5 aromatic rings. The maximum atomic E-state index is 12.3. The fourth-order valence-electron chi connectivity index (χ4n) is 4.83. The lowest BCUT2D eigenvalue weighted by Gasteiger charge is -2.11. The normalized spacial score (nSPS) is 11.2. The summed E-state index contributed by atoms with van der Waals surface area (Å²) >= 11 is 0. The number of hydrogen-bond acceptors (Lipinski definition) is 2. The fraction of sp³-hybridized carbons (Fsp3) is 0.138. The first-order valence-electron chi connectivity index (χ1n) is 11.0.